The van der Waals surface area contributed by atoms with E-state index >= 15 is 0 Å². The minimum atomic E-state index is -3.87. The Morgan fingerprint density at radius 3 is 2.48 bits per heavy atom. The lowest BCUT2D eigenvalue weighted by atomic mass is 10.3. The van der Waals surface area contributed by atoms with E-state index in [2.05, 4.69) is 9.88 Å². The standard InChI is InChI=1S/C12H19ClN4O3S/c1-3-10-14-11(21(13,19)20)8-17(10)9-12(18)16-6-4-15(2)5-7-16/h8H,3-7,9H2,1-2H3. The molecule has 1 fully saturated rings. The van der Waals surface area contributed by atoms with Gasteiger partial charge in [0.25, 0.3) is 9.05 Å². The van der Waals surface area contributed by atoms with Crippen molar-refractivity contribution in [1.29, 1.82) is 0 Å². The van der Waals surface area contributed by atoms with Crippen LogP contribution in [-0.4, -0.2) is 66.9 Å². The van der Waals surface area contributed by atoms with Gasteiger partial charge in [0.15, 0.2) is 5.03 Å². The van der Waals surface area contributed by atoms with Crippen LogP contribution in [0.2, 0.25) is 0 Å². The molecule has 21 heavy (non-hydrogen) atoms. The third kappa shape index (κ3) is 3.96. The first-order chi connectivity index (χ1) is 9.81. The fourth-order valence-electron chi connectivity index (χ4n) is 2.27. The summed E-state index contributed by atoms with van der Waals surface area (Å²) in [5.74, 6) is 0.505. The molecule has 0 aliphatic carbocycles. The van der Waals surface area contributed by atoms with Crippen molar-refractivity contribution in [3.8, 4) is 0 Å². The first-order valence-corrected chi connectivity index (χ1v) is 9.09. The Balaban J connectivity index is 2.12. The van der Waals surface area contributed by atoms with E-state index in [-0.39, 0.29) is 17.5 Å². The van der Waals surface area contributed by atoms with Gasteiger partial charge >= 0.3 is 0 Å². The van der Waals surface area contributed by atoms with Gasteiger partial charge in [-0.25, -0.2) is 13.4 Å². The smallest absolute Gasteiger partial charge is 0.280 e. The van der Waals surface area contributed by atoms with Gasteiger partial charge in [-0.2, -0.15) is 0 Å². The van der Waals surface area contributed by atoms with Gasteiger partial charge in [-0.05, 0) is 7.05 Å². The van der Waals surface area contributed by atoms with Gasteiger partial charge in [-0.1, -0.05) is 6.92 Å². The molecular formula is C12H19ClN4O3S. The number of rotatable bonds is 4. The quantitative estimate of drug-likeness (QED) is 0.732. The summed E-state index contributed by atoms with van der Waals surface area (Å²) in [5.41, 5.74) is 0. The van der Waals surface area contributed by atoms with Gasteiger partial charge in [0.05, 0.1) is 0 Å². The molecule has 0 saturated carbocycles. The molecule has 0 unspecified atom stereocenters. The fourth-order valence-corrected chi connectivity index (χ4v) is 2.96. The maximum Gasteiger partial charge on any atom is 0.280 e. The normalized spacial score (nSPS) is 17.2. The number of piperazine rings is 1. The Labute approximate surface area is 128 Å². The number of carbonyl (C=O) groups excluding carboxylic acids is 1. The van der Waals surface area contributed by atoms with Crippen molar-refractivity contribution in [2.45, 2.75) is 24.9 Å². The third-order valence-corrected chi connectivity index (χ3v) is 4.74. The van der Waals surface area contributed by atoms with Crippen LogP contribution in [0.1, 0.15) is 12.7 Å². The molecule has 0 aromatic carbocycles. The summed E-state index contributed by atoms with van der Waals surface area (Å²) in [5, 5.41) is -0.202. The molecule has 1 aliphatic rings. The van der Waals surface area contributed by atoms with Gasteiger partial charge in [-0.15, -0.1) is 0 Å². The predicted octanol–water partition coefficient (Wildman–Crippen LogP) is 0.147. The SMILES string of the molecule is CCc1nc(S(=O)(=O)Cl)cn1CC(=O)N1CCN(C)CC1. The number of imidazole rings is 1. The lowest BCUT2D eigenvalue weighted by Crippen LogP contribution is -2.48. The maximum atomic E-state index is 12.3. The van der Waals surface area contributed by atoms with Crippen LogP contribution in [0.3, 0.4) is 0 Å². The molecule has 1 amide bonds. The second-order valence-electron chi connectivity index (χ2n) is 5.10. The number of amides is 1. The van der Waals surface area contributed by atoms with E-state index in [9.17, 15) is 13.2 Å². The van der Waals surface area contributed by atoms with Crippen molar-refractivity contribution < 1.29 is 13.2 Å². The van der Waals surface area contributed by atoms with E-state index in [1.54, 1.807) is 9.47 Å². The van der Waals surface area contributed by atoms with E-state index in [4.69, 9.17) is 10.7 Å². The zero-order chi connectivity index (χ0) is 15.6. The largest absolute Gasteiger partial charge is 0.339 e. The molecule has 0 spiro atoms. The maximum absolute atomic E-state index is 12.3. The van der Waals surface area contributed by atoms with E-state index in [0.29, 0.717) is 25.3 Å². The summed E-state index contributed by atoms with van der Waals surface area (Å²) >= 11 is 0. The monoisotopic (exact) mass is 334 g/mol. The Bertz CT molecular complexity index is 620. The predicted molar refractivity (Wildman–Crippen MR) is 78.7 cm³/mol. The van der Waals surface area contributed by atoms with Crippen molar-refractivity contribution in [3.05, 3.63) is 12.0 Å². The van der Waals surface area contributed by atoms with Gasteiger partial charge in [-0.3, -0.25) is 4.79 Å². The average Bonchev–Trinajstić information content (AvgIpc) is 2.82. The number of halogens is 1. The molecule has 1 aliphatic heterocycles. The number of carbonyl (C=O) groups is 1. The zero-order valence-electron chi connectivity index (χ0n) is 12.1. The van der Waals surface area contributed by atoms with Crippen LogP contribution >= 0.6 is 10.7 Å². The highest BCUT2D eigenvalue weighted by Gasteiger charge is 2.22. The van der Waals surface area contributed by atoms with Crippen LogP contribution in [0.15, 0.2) is 11.2 Å². The molecule has 1 aromatic heterocycles. The van der Waals surface area contributed by atoms with E-state index in [1.807, 2.05) is 14.0 Å². The zero-order valence-corrected chi connectivity index (χ0v) is 13.7. The molecule has 0 bridgehead atoms. The first kappa shape index (κ1) is 16.3. The Morgan fingerprint density at radius 1 is 1.33 bits per heavy atom. The van der Waals surface area contributed by atoms with Crippen molar-refractivity contribution in [1.82, 2.24) is 19.4 Å². The molecule has 0 radical (unpaired) electrons. The fraction of sp³-hybridized carbons (Fsp3) is 0.667. The Kier molecular flexibility index (Phi) is 4.90. The molecule has 118 valence electrons. The summed E-state index contributed by atoms with van der Waals surface area (Å²) in [7, 11) is 3.44. The highest BCUT2D eigenvalue weighted by molar-refractivity contribution is 8.13. The van der Waals surface area contributed by atoms with E-state index < -0.39 is 9.05 Å². The van der Waals surface area contributed by atoms with Crippen LogP contribution in [0.25, 0.3) is 0 Å². The van der Waals surface area contributed by atoms with Crippen molar-refractivity contribution >= 4 is 25.6 Å². The summed E-state index contributed by atoms with van der Waals surface area (Å²) in [6.45, 7) is 5.00. The van der Waals surface area contributed by atoms with Crippen LogP contribution in [0.4, 0.5) is 0 Å². The molecule has 2 heterocycles. The molecule has 7 nitrogen and oxygen atoms in total. The molecule has 1 saturated heterocycles. The highest BCUT2D eigenvalue weighted by Crippen LogP contribution is 2.15. The van der Waals surface area contributed by atoms with Crippen LogP contribution in [0, 0.1) is 0 Å². The number of likely N-dealkylation sites (N-methyl/N-ethyl adjacent to an activating group) is 1. The topological polar surface area (TPSA) is 75.5 Å². The Hall–Kier alpha value is -1.12. The van der Waals surface area contributed by atoms with E-state index in [0.717, 1.165) is 13.1 Å². The molecule has 9 heteroatoms. The lowest BCUT2D eigenvalue weighted by molar-refractivity contribution is -0.133. The second-order valence-corrected chi connectivity index (χ2v) is 7.61. The van der Waals surface area contributed by atoms with Crippen LogP contribution < -0.4 is 0 Å². The summed E-state index contributed by atoms with van der Waals surface area (Å²) in [6.07, 6.45) is 1.86. The molecule has 0 N–H and O–H groups in total. The summed E-state index contributed by atoms with van der Waals surface area (Å²) < 4.78 is 24.2. The van der Waals surface area contributed by atoms with Gasteiger partial charge < -0.3 is 14.4 Å². The first-order valence-electron chi connectivity index (χ1n) is 6.78. The lowest BCUT2D eigenvalue weighted by Gasteiger charge is -2.32. The molecule has 0 atom stereocenters. The minimum Gasteiger partial charge on any atom is -0.339 e. The van der Waals surface area contributed by atoms with Crippen molar-refractivity contribution in [3.63, 3.8) is 0 Å². The summed E-state index contributed by atoms with van der Waals surface area (Å²) in [6, 6.07) is 0. The Morgan fingerprint density at radius 2 is 1.95 bits per heavy atom. The van der Waals surface area contributed by atoms with Gasteiger partial charge in [0, 0.05) is 49.5 Å². The van der Waals surface area contributed by atoms with Gasteiger partial charge in [0.1, 0.15) is 12.4 Å². The third-order valence-electron chi connectivity index (χ3n) is 3.56. The van der Waals surface area contributed by atoms with Crippen molar-refractivity contribution in [2.75, 3.05) is 33.2 Å². The summed E-state index contributed by atoms with van der Waals surface area (Å²) in [4.78, 5) is 20.2. The minimum absolute atomic E-state index is 0.0336. The number of aryl methyl sites for hydroxylation is 1. The number of hydrogen-bond donors (Lipinski definition) is 0. The molecule has 1 aromatic rings. The average molecular weight is 335 g/mol. The molecule has 2 rings (SSSR count). The number of hydrogen-bond acceptors (Lipinski definition) is 5. The number of aromatic nitrogens is 2. The van der Waals surface area contributed by atoms with E-state index in [1.165, 1.54) is 6.20 Å². The highest BCUT2D eigenvalue weighted by atomic mass is 35.7. The van der Waals surface area contributed by atoms with Crippen LogP contribution in [-0.2, 0) is 26.8 Å². The molecular weight excluding hydrogens is 316 g/mol. The number of nitrogens with zero attached hydrogens (tertiary/aromatic N) is 4. The van der Waals surface area contributed by atoms with Gasteiger partial charge in [0.2, 0.25) is 5.91 Å². The van der Waals surface area contributed by atoms with Crippen LogP contribution in [0.5, 0.6) is 0 Å². The second kappa shape index (κ2) is 6.33. The van der Waals surface area contributed by atoms with Crippen molar-refractivity contribution in [2.24, 2.45) is 0 Å².